The summed E-state index contributed by atoms with van der Waals surface area (Å²) >= 11 is 0. The molecule has 1 heterocycles. The number of benzene rings is 3. The minimum absolute atomic E-state index is 0.104. The van der Waals surface area contributed by atoms with Gasteiger partial charge in [-0.1, -0.05) is 91.0 Å². The fourth-order valence-corrected chi connectivity index (χ4v) is 4.97. The molecule has 0 saturated heterocycles. The first-order valence-corrected chi connectivity index (χ1v) is 11.2. The van der Waals surface area contributed by atoms with Gasteiger partial charge in [0, 0.05) is 24.9 Å². The third kappa shape index (κ3) is 4.11. The van der Waals surface area contributed by atoms with Crippen LogP contribution in [0.3, 0.4) is 0 Å². The lowest BCUT2D eigenvalue weighted by Crippen LogP contribution is -2.51. The van der Waals surface area contributed by atoms with Crippen molar-refractivity contribution in [3.05, 3.63) is 125 Å². The number of ether oxygens (including phenoxy) is 1. The highest BCUT2D eigenvalue weighted by atomic mass is 16.5. The molecule has 3 aromatic carbocycles. The van der Waals surface area contributed by atoms with Gasteiger partial charge in [-0.2, -0.15) is 0 Å². The van der Waals surface area contributed by atoms with Crippen LogP contribution in [0.4, 0.5) is 0 Å². The summed E-state index contributed by atoms with van der Waals surface area (Å²) in [5, 5.41) is 0. The Morgan fingerprint density at radius 3 is 1.66 bits per heavy atom. The maximum Gasteiger partial charge on any atom is 0.374 e. The highest BCUT2D eigenvalue weighted by Gasteiger charge is 2.50. The molecule has 0 saturated carbocycles. The topological polar surface area (TPSA) is 113 Å². The zero-order valence-electron chi connectivity index (χ0n) is 19.7. The summed E-state index contributed by atoms with van der Waals surface area (Å²) in [6.07, 6.45) is 1.57. The SMILES string of the molecule is COC(=O)c1ncc([C@H]([C@H](N)C(N)=O)C(c2ccccc2)(c2ccccc2)c2ccccc2)n1C. The number of nitrogens with two attached hydrogens (primary N) is 2. The van der Waals surface area contributed by atoms with Crippen LogP contribution in [-0.4, -0.2) is 34.6 Å². The second-order valence-electron chi connectivity index (χ2n) is 8.37. The van der Waals surface area contributed by atoms with Gasteiger partial charge in [-0.15, -0.1) is 0 Å². The molecule has 4 rings (SSSR count). The van der Waals surface area contributed by atoms with Crippen molar-refractivity contribution < 1.29 is 14.3 Å². The highest BCUT2D eigenvalue weighted by molar-refractivity contribution is 5.86. The average molecular weight is 469 g/mol. The summed E-state index contributed by atoms with van der Waals surface area (Å²) in [5.41, 5.74) is 14.9. The van der Waals surface area contributed by atoms with Gasteiger partial charge in [-0.3, -0.25) is 4.79 Å². The molecular weight excluding hydrogens is 440 g/mol. The fourth-order valence-electron chi connectivity index (χ4n) is 4.97. The molecule has 0 aliphatic rings. The number of imidazole rings is 1. The zero-order valence-corrected chi connectivity index (χ0v) is 19.7. The fraction of sp³-hybridized carbons (Fsp3) is 0.179. The van der Waals surface area contributed by atoms with Gasteiger partial charge in [0.05, 0.1) is 18.6 Å². The summed E-state index contributed by atoms with van der Waals surface area (Å²) in [5.74, 6) is -1.87. The number of rotatable bonds is 8. The Morgan fingerprint density at radius 1 is 0.857 bits per heavy atom. The molecule has 0 aliphatic carbocycles. The monoisotopic (exact) mass is 468 g/mol. The molecule has 0 fully saturated rings. The lowest BCUT2D eigenvalue weighted by Gasteiger charge is -2.44. The molecule has 178 valence electrons. The van der Waals surface area contributed by atoms with Crippen molar-refractivity contribution in [2.24, 2.45) is 18.5 Å². The summed E-state index contributed by atoms with van der Waals surface area (Å²) in [6.45, 7) is 0. The van der Waals surface area contributed by atoms with Crippen LogP contribution in [0.5, 0.6) is 0 Å². The normalized spacial score (nSPS) is 13.1. The van der Waals surface area contributed by atoms with Gasteiger partial charge in [0.25, 0.3) is 0 Å². The number of hydrogen-bond donors (Lipinski definition) is 2. The number of hydrogen-bond acceptors (Lipinski definition) is 5. The van der Waals surface area contributed by atoms with Crippen LogP contribution in [0.2, 0.25) is 0 Å². The minimum atomic E-state index is -1.11. The lowest BCUT2D eigenvalue weighted by atomic mass is 9.58. The molecule has 1 aromatic heterocycles. The molecule has 0 bridgehead atoms. The van der Waals surface area contributed by atoms with E-state index < -0.39 is 29.3 Å². The van der Waals surface area contributed by atoms with Crippen LogP contribution in [-0.2, 0) is 22.0 Å². The summed E-state index contributed by atoms with van der Waals surface area (Å²) in [4.78, 5) is 29.5. The maximum atomic E-state index is 12.7. The standard InChI is InChI=1S/C28H28N4O3/c1-32-22(18-31-26(32)27(34)35-2)23(24(29)25(30)33)28(19-12-6-3-7-13-19,20-14-8-4-9-15-20)21-16-10-5-11-17-21/h3-18,23-24H,29H2,1-2H3,(H2,30,33)/t23-,24+/m1/s1. The highest BCUT2D eigenvalue weighted by Crippen LogP contribution is 2.50. The van der Waals surface area contributed by atoms with E-state index in [9.17, 15) is 9.59 Å². The van der Waals surface area contributed by atoms with Crippen molar-refractivity contribution in [3.8, 4) is 0 Å². The Balaban J connectivity index is 2.16. The number of nitrogens with zero attached hydrogens (tertiary/aromatic N) is 2. The van der Waals surface area contributed by atoms with Crippen LogP contribution in [0.25, 0.3) is 0 Å². The second kappa shape index (κ2) is 9.95. The number of methoxy groups -OCH3 is 1. The van der Waals surface area contributed by atoms with Crippen LogP contribution < -0.4 is 11.5 Å². The van der Waals surface area contributed by atoms with E-state index in [2.05, 4.69) is 4.98 Å². The number of primary amides is 1. The third-order valence-electron chi connectivity index (χ3n) is 6.55. The van der Waals surface area contributed by atoms with Crippen molar-refractivity contribution in [3.63, 3.8) is 0 Å². The van der Waals surface area contributed by atoms with Gasteiger partial charge in [-0.05, 0) is 16.7 Å². The predicted octanol–water partition coefficient (Wildman–Crippen LogP) is 3.14. The van der Waals surface area contributed by atoms with Crippen molar-refractivity contribution >= 4 is 11.9 Å². The molecule has 7 heteroatoms. The summed E-state index contributed by atoms with van der Waals surface area (Å²) in [7, 11) is 3.01. The Kier molecular flexibility index (Phi) is 6.80. The molecule has 4 aromatic rings. The molecule has 2 atom stereocenters. The molecule has 7 nitrogen and oxygen atoms in total. The number of carbonyl (C=O) groups excluding carboxylic acids is 2. The van der Waals surface area contributed by atoms with Gasteiger partial charge < -0.3 is 20.8 Å². The van der Waals surface area contributed by atoms with Crippen molar-refractivity contribution in [1.82, 2.24) is 9.55 Å². The molecule has 1 amide bonds. The molecule has 0 unspecified atom stereocenters. The predicted molar refractivity (Wildman–Crippen MR) is 134 cm³/mol. The Bertz CT molecular complexity index is 1210. The second-order valence-corrected chi connectivity index (χ2v) is 8.37. The van der Waals surface area contributed by atoms with E-state index in [0.717, 1.165) is 16.7 Å². The van der Waals surface area contributed by atoms with Gasteiger partial charge in [-0.25, -0.2) is 9.78 Å². The van der Waals surface area contributed by atoms with E-state index in [1.165, 1.54) is 7.11 Å². The molecule has 0 spiro atoms. The molecule has 0 radical (unpaired) electrons. The number of amides is 1. The minimum Gasteiger partial charge on any atom is -0.463 e. The van der Waals surface area contributed by atoms with Gasteiger partial charge in [0.1, 0.15) is 0 Å². The van der Waals surface area contributed by atoms with Crippen molar-refractivity contribution in [2.75, 3.05) is 7.11 Å². The quantitative estimate of drug-likeness (QED) is 0.305. The molecular formula is C28H28N4O3. The smallest absolute Gasteiger partial charge is 0.374 e. The third-order valence-corrected chi connectivity index (χ3v) is 6.55. The Hall–Kier alpha value is -4.23. The van der Waals surface area contributed by atoms with Gasteiger partial charge >= 0.3 is 5.97 Å². The molecule has 35 heavy (non-hydrogen) atoms. The van der Waals surface area contributed by atoms with E-state index in [0.29, 0.717) is 5.69 Å². The number of carbonyl (C=O) groups is 2. The largest absolute Gasteiger partial charge is 0.463 e. The van der Waals surface area contributed by atoms with E-state index in [4.69, 9.17) is 16.2 Å². The number of esters is 1. The average Bonchev–Trinajstić information content (AvgIpc) is 3.28. The summed E-state index contributed by atoms with van der Waals surface area (Å²) in [6, 6.07) is 28.5. The van der Waals surface area contributed by atoms with E-state index in [-0.39, 0.29) is 5.82 Å². The van der Waals surface area contributed by atoms with Gasteiger partial charge in [0.2, 0.25) is 11.7 Å². The Labute approximate surface area is 204 Å². The van der Waals surface area contributed by atoms with Gasteiger partial charge in [0.15, 0.2) is 0 Å². The van der Waals surface area contributed by atoms with Crippen molar-refractivity contribution in [2.45, 2.75) is 17.4 Å². The van der Waals surface area contributed by atoms with Crippen LogP contribution >= 0.6 is 0 Å². The summed E-state index contributed by atoms with van der Waals surface area (Å²) < 4.78 is 6.54. The van der Waals surface area contributed by atoms with Crippen molar-refractivity contribution in [1.29, 1.82) is 0 Å². The van der Waals surface area contributed by atoms with Crippen LogP contribution in [0.15, 0.2) is 97.2 Å². The van der Waals surface area contributed by atoms with Crippen LogP contribution in [0, 0.1) is 0 Å². The number of aromatic nitrogens is 2. The first-order valence-electron chi connectivity index (χ1n) is 11.2. The Morgan fingerprint density at radius 2 is 1.29 bits per heavy atom. The van der Waals surface area contributed by atoms with E-state index in [1.54, 1.807) is 17.8 Å². The first-order chi connectivity index (χ1) is 16.9. The van der Waals surface area contributed by atoms with Crippen LogP contribution in [0.1, 0.15) is 38.9 Å². The zero-order chi connectivity index (χ0) is 25.0. The lowest BCUT2D eigenvalue weighted by molar-refractivity contribution is -0.120. The molecule has 4 N–H and O–H groups in total. The first kappa shape index (κ1) is 23.9. The molecule has 0 aliphatic heterocycles. The maximum absolute atomic E-state index is 12.7. The van der Waals surface area contributed by atoms with E-state index in [1.807, 2.05) is 91.0 Å². The van der Waals surface area contributed by atoms with E-state index >= 15 is 0 Å².